The summed E-state index contributed by atoms with van der Waals surface area (Å²) in [6.45, 7) is 1.76. The normalized spacial score (nSPS) is 10.1. The van der Waals surface area contributed by atoms with Crippen LogP contribution < -0.4 is 0 Å². The maximum Gasteiger partial charge on any atom is 0.171 e. The van der Waals surface area contributed by atoms with Gasteiger partial charge in [0, 0.05) is 20.9 Å². The zero-order valence-corrected chi connectivity index (χ0v) is 11.4. The van der Waals surface area contributed by atoms with Crippen molar-refractivity contribution in [1.29, 1.82) is 0 Å². The van der Waals surface area contributed by atoms with E-state index in [1.807, 2.05) is 6.07 Å². The summed E-state index contributed by atoms with van der Waals surface area (Å²) in [6, 6.07) is 5.34. The highest BCUT2D eigenvalue weighted by molar-refractivity contribution is 9.11. The number of carbonyl (C=O) groups is 2. The molecule has 1 aromatic carbocycles. The fraction of sp³-hybridized carbons (Fsp3) is 0.273. The van der Waals surface area contributed by atoms with E-state index in [4.69, 9.17) is 0 Å². The molecular weight excluding hydrogens is 324 g/mol. The second-order valence-corrected chi connectivity index (χ2v) is 4.89. The van der Waals surface area contributed by atoms with Crippen LogP contribution in [0.15, 0.2) is 27.1 Å². The van der Waals surface area contributed by atoms with E-state index in [1.54, 1.807) is 19.1 Å². The molecule has 0 N–H and O–H groups in total. The summed E-state index contributed by atoms with van der Waals surface area (Å²) >= 11 is 6.58. The summed E-state index contributed by atoms with van der Waals surface area (Å²) in [4.78, 5) is 22.9. The molecule has 1 rings (SSSR count). The van der Waals surface area contributed by atoms with E-state index in [2.05, 4.69) is 31.9 Å². The maximum absolute atomic E-state index is 11.7. The van der Waals surface area contributed by atoms with E-state index in [9.17, 15) is 9.59 Å². The molecule has 0 saturated carbocycles. The average Bonchev–Trinajstić information content (AvgIpc) is 2.21. The summed E-state index contributed by atoms with van der Waals surface area (Å²) in [6.07, 6.45) is 0.378. The molecule has 0 bridgehead atoms. The van der Waals surface area contributed by atoms with Gasteiger partial charge in [0.05, 0.1) is 6.42 Å². The molecule has 2 nitrogen and oxygen atoms in total. The number of ketones is 2. The number of carbonyl (C=O) groups excluding carboxylic acids is 2. The molecule has 0 aliphatic rings. The maximum atomic E-state index is 11.7. The van der Waals surface area contributed by atoms with Crippen LogP contribution >= 0.6 is 31.9 Å². The summed E-state index contributed by atoms with van der Waals surface area (Å²) in [5.41, 5.74) is 0.547. The molecule has 4 heteroatoms. The Labute approximate surface area is 105 Å². The molecule has 0 heterocycles. The smallest absolute Gasteiger partial charge is 0.171 e. The van der Waals surface area contributed by atoms with Crippen molar-refractivity contribution in [3.05, 3.63) is 32.7 Å². The molecule has 80 valence electrons. The minimum Gasteiger partial charge on any atom is -0.299 e. The Kier molecular flexibility index (Phi) is 4.67. The van der Waals surface area contributed by atoms with Gasteiger partial charge in [-0.05, 0) is 18.2 Å². The van der Waals surface area contributed by atoms with Gasteiger partial charge in [-0.1, -0.05) is 38.8 Å². The Morgan fingerprint density at radius 1 is 1.27 bits per heavy atom. The van der Waals surface area contributed by atoms with Crippen molar-refractivity contribution in [1.82, 2.24) is 0 Å². The first kappa shape index (κ1) is 12.6. The molecule has 0 spiro atoms. The third-order valence-electron chi connectivity index (χ3n) is 1.98. The second kappa shape index (κ2) is 5.56. The Hall–Kier alpha value is -0.480. The van der Waals surface area contributed by atoms with Gasteiger partial charge in [0.25, 0.3) is 0 Å². The highest BCUT2D eigenvalue weighted by Gasteiger charge is 2.13. The third-order valence-corrected chi connectivity index (χ3v) is 3.17. The first-order valence-electron chi connectivity index (χ1n) is 4.54. The fourth-order valence-corrected chi connectivity index (χ4v) is 1.94. The number of rotatable bonds is 4. The molecule has 15 heavy (non-hydrogen) atoms. The minimum absolute atomic E-state index is 0.0223. The van der Waals surface area contributed by atoms with Gasteiger partial charge in [-0.2, -0.15) is 0 Å². The van der Waals surface area contributed by atoms with Crippen molar-refractivity contribution in [2.24, 2.45) is 0 Å². The lowest BCUT2D eigenvalue weighted by Crippen LogP contribution is -2.07. The predicted octanol–water partition coefficient (Wildman–Crippen LogP) is 3.76. The first-order chi connectivity index (χ1) is 7.04. The van der Waals surface area contributed by atoms with Crippen LogP contribution in [0.4, 0.5) is 0 Å². The summed E-state index contributed by atoms with van der Waals surface area (Å²) < 4.78 is 1.55. The van der Waals surface area contributed by atoms with Crippen molar-refractivity contribution in [3.63, 3.8) is 0 Å². The standard InChI is InChI=1S/C11H10Br2O2/c1-2-8(14)6-11(15)9-5-7(12)3-4-10(9)13/h3-5H,2,6H2,1H3. The van der Waals surface area contributed by atoms with Gasteiger partial charge >= 0.3 is 0 Å². The molecule has 0 fully saturated rings. The Morgan fingerprint density at radius 2 is 1.93 bits per heavy atom. The van der Waals surface area contributed by atoms with Crippen LogP contribution in [-0.2, 0) is 4.79 Å². The molecule has 0 atom stereocenters. The van der Waals surface area contributed by atoms with E-state index >= 15 is 0 Å². The lowest BCUT2D eigenvalue weighted by molar-refractivity contribution is -0.117. The van der Waals surface area contributed by atoms with Gasteiger partial charge in [-0.3, -0.25) is 9.59 Å². The van der Waals surface area contributed by atoms with Gasteiger partial charge in [-0.25, -0.2) is 0 Å². The summed E-state index contributed by atoms with van der Waals surface area (Å²) in [5.74, 6) is -0.179. The van der Waals surface area contributed by atoms with E-state index in [0.29, 0.717) is 12.0 Å². The van der Waals surface area contributed by atoms with Crippen molar-refractivity contribution in [2.75, 3.05) is 0 Å². The summed E-state index contributed by atoms with van der Waals surface area (Å²) in [7, 11) is 0. The number of halogens is 2. The quantitative estimate of drug-likeness (QED) is 0.621. The molecule has 0 amide bonds. The average molecular weight is 334 g/mol. The van der Waals surface area contributed by atoms with Crippen LogP contribution in [0.1, 0.15) is 30.1 Å². The predicted molar refractivity (Wildman–Crippen MR) is 66.1 cm³/mol. The van der Waals surface area contributed by atoms with Crippen LogP contribution in [-0.4, -0.2) is 11.6 Å². The Bertz CT molecular complexity index is 400. The molecule has 0 aliphatic carbocycles. The van der Waals surface area contributed by atoms with Gasteiger partial charge in [0.1, 0.15) is 5.78 Å². The Morgan fingerprint density at radius 3 is 2.53 bits per heavy atom. The number of Topliss-reactive ketones (excluding diaryl/α,β-unsaturated/α-hetero) is 2. The zero-order chi connectivity index (χ0) is 11.4. The lowest BCUT2D eigenvalue weighted by Gasteiger charge is -2.03. The van der Waals surface area contributed by atoms with Crippen molar-refractivity contribution >= 4 is 43.4 Å². The monoisotopic (exact) mass is 332 g/mol. The minimum atomic E-state index is -0.143. The largest absolute Gasteiger partial charge is 0.299 e. The highest BCUT2D eigenvalue weighted by Crippen LogP contribution is 2.22. The Balaban J connectivity index is 2.91. The van der Waals surface area contributed by atoms with Crippen LogP contribution in [0, 0.1) is 0 Å². The fourth-order valence-electron chi connectivity index (χ4n) is 1.11. The van der Waals surface area contributed by atoms with Crippen LogP contribution in [0.25, 0.3) is 0 Å². The van der Waals surface area contributed by atoms with Crippen LogP contribution in [0.2, 0.25) is 0 Å². The number of benzene rings is 1. The van der Waals surface area contributed by atoms with Gasteiger partial charge < -0.3 is 0 Å². The van der Waals surface area contributed by atoms with Gasteiger partial charge in [0.15, 0.2) is 5.78 Å². The van der Waals surface area contributed by atoms with Crippen LogP contribution in [0.5, 0.6) is 0 Å². The zero-order valence-electron chi connectivity index (χ0n) is 8.22. The van der Waals surface area contributed by atoms with Crippen molar-refractivity contribution in [3.8, 4) is 0 Å². The summed E-state index contributed by atoms with van der Waals surface area (Å²) in [5, 5.41) is 0. The third kappa shape index (κ3) is 3.54. The van der Waals surface area contributed by atoms with Gasteiger partial charge in [-0.15, -0.1) is 0 Å². The molecule has 0 aliphatic heterocycles. The molecule has 1 aromatic rings. The number of hydrogen-bond donors (Lipinski definition) is 0. The van der Waals surface area contributed by atoms with Gasteiger partial charge in [0.2, 0.25) is 0 Å². The van der Waals surface area contributed by atoms with E-state index in [-0.39, 0.29) is 18.0 Å². The van der Waals surface area contributed by atoms with E-state index < -0.39 is 0 Å². The van der Waals surface area contributed by atoms with Crippen molar-refractivity contribution < 1.29 is 9.59 Å². The number of hydrogen-bond acceptors (Lipinski definition) is 2. The molecule has 0 unspecified atom stereocenters. The molecule has 0 aromatic heterocycles. The van der Waals surface area contributed by atoms with Crippen LogP contribution in [0.3, 0.4) is 0 Å². The SMILES string of the molecule is CCC(=O)CC(=O)c1cc(Br)ccc1Br. The topological polar surface area (TPSA) is 34.1 Å². The highest BCUT2D eigenvalue weighted by atomic mass is 79.9. The first-order valence-corrected chi connectivity index (χ1v) is 6.13. The lowest BCUT2D eigenvalue weighted by atomic mass is 10.1. The molecule has 0 radical (unpaired) electrons. The van der Waals surface area contributed by atoms with Crippen molar-refractivity contribution in [2.45, 2.75) is 19.8 Å². The van der Waals surface area contributed by atoms with E-state index in [0.717, 1.165) is 8.95 Å². The molecule has 0 saturated heterocycles. The van der Waals surface area contributed by atoms with E-state index in [1.165, 1.54) is 0 Å². The molecular formula is C11H10Br2O2. The second-order valence-electron chi connectivity index (χ2n) is 3.12.